The smallest absolute Gasteiger partial charge is 0.0917 e. The van der Waals surface area contributed by atoms with Crippen LogP contribution in [-0.4, -0.2) is 6.04 Å². The van der Waals surface area contributed by atoms with Gasteiger partial charge >= 0.3 is 0 Å². The number of hydrogen-bond acceptors (Lipinski definition) is 2. The van der Waals surface area contributed by atoms with E-state index >= 15 is 0 Å². The summed E-state index contributed by atoms with van der Waals surface area (Å²) in [7, 11) is 0. The van der Waals surface area contributed by atoms with E-state index in [4.69, 9.17) is 0 Å². The van der Waals surface area contributed by atoms with E-state index in [1.54, 1.807) is 0 Å². The molecule has 0 aliphatic heterocycles. The van der Waals surface area contributed by atoms with Gasteiger partial charge in [0.1, 0.15) is 0 Å². The summed E-state index contributed by atoms with van der Waals surface area (Å²) in [6.45, 7) is 5.94. The van der Waals surface area contributed by atoms with E-state index < -0.39 is 0 Å². The van der Waals surface area contributed by atoms with Crippen LogP contribution in [0, 0.1) is 10.8 Å². The molecule has 0 saturated heterocycles. The molecule has 2 heteroatoms. The molecular formula is C6H13NO. The highest BCUT2D eigenvalue weighted by molar-refractivity contribution is 4.64. The Morgan fingerprint density at radius 3 is 2.12 bits per heavy atom. The van der Waals surface area contributed by atoms with E-state index in [2.05, 4.69) is 12.1 Å². The van der Waals surface area contributed by atoms with Crippen LogP contribution in [0.4, 0.5) is 0 Å². The maximum Gasteiger partial charge on any atom is 0.0917 e. The van der Waals surface area contributed by atoms with Gasteiger partial charge in [-0.05, 0) is 12.8 Å². The van der Waals surface area contributed by atoms with Gasteiger partial charge in [0, 0.05) is 0 Å². The normalized spacial score (nSPS) is 17.4. The SMILES string of the molecule is CC[C@@H](C)C(C)N=O. The van der Waals surface area contributed by atoms with E-state index in [9.17, 15) is 4.91 Å². The zero-order valence-corrected chi connectivity index (χ0v) is 5.72. The third-order valence-corrected chi connectivity index (χ3v) is 1.63. The first-order chi connectivity index (χ1) is 3.72. The predicted octanol–water partition coefficient (Wildman–Crippen LogP) is 2.19. The van der Waals surface area contributed by atoms with Gasteiger partial charge in [-0.3, -0.25) is 0 Å². The average Bonchev–Trinajstić information content (AvgIpc) is 1.84. The molecule has 0 aromatic heterocycles. The van der Waals surface area contributed by atoms with Crippen molar-refractivity contribution in [2.75, 3.05) is 0 Å². The largest absolute Gasteiger partial charge is 0.151 e. The number of rotatable bonds is 3. The van der Waals surface area contributed by atoms with Crippen LogP contribution < -0.4 is 0 Å². The number of hydrogen-bond donors (Lipinski definition) is 0. The topological polar surface area (TPSA) is 29.4 Å². The monoisotopic (exact) mass is 115 g/mol. The second-order valence-electron chi connectivity index (χ2n) is 2.23. The Morgan fingerprint density at radius 2 is 2.00 bits per heavy atom. The first kappa shape index (κ1) is 7.60. The molecule has 0 bridgehead atoms. The van der Waals surface area contributed by atoms with Crippen LogP contribution in [0.1, 0.15) is 27.2 Å². The predicted molar refractivity (Wildman–Crippen MR) is 34.7 cm³/mol. The molecule has 2 nitrogen and oxygen atoms in total. The summed E-state index contributed by atoms with van der Waals surface area (Å²) in [6.07, 6.45) is 1.03. The average molecular weight is 115 g/mol. The van der Waals surface area contributed by atoms with Crippen molar-refractivity contribution in [1.29, 1.82) is 0 Å². The van der Waals surface area contributed by atoms with Crippen molar-refractivity contribution in [2.45, 2.75) is 33.2 Å². The lowest BCUT2D eigenvalue weighted by atomic mass is 10.0. The van der Waals surface area contributed by atoms with Crippen molar-refractivity contribution in [1.82, 2.24) is 0 Å². The van der Waals surface area contributed by atoms with Gasteiger partial charge in [0.05, 0.1) is 6.04 Å². The molecule has 1 unspecified atom stereocenters. The first-order valence-corrected chi connectivity index (χ1v) is 3.04. The van der Waals surface area contributed by atoms with Gasteiger partial charge in [0.2, 0.25) is 0 Å². The summed E-state index contributed by atoms with van der Waals surface area (Å²) >= 11 is 0. The summed E-state index contributed by atoms with van der Waals surface area (Å²) in [5, 5.41) is 2.91. The van der Waals surface area contributed by atoms with E-state index in [0.29, 0.717) is 5.92 Å². The van der Waals surface area contributed by atoms with Crippen molar-refractivity contribution in [3.8, 4) is 0 Å². The highest BCUT2D eigenvalue weighted by Gasteiger charge is 2.07. The second kappa shape index (κ2) is 3.58. The molecule has 0 fully saturated rings. The van der Waals surface area contributed by atoms with Gasteiger partial charge in [-0.15, -0.1) is 0 Å². The van der Waals surface area contributed by atoms with Gasteiger partial charge in [0.15, 0.2) is 0 Å². The van der Waals surface area contributed by atoms with E-state index in [1.165, 1.54) is 0 Å². The molecule has 2 atom stereocenters. The summed E-state index contributed by atoms with van der Waals surface area (Å²) in [5.74, 6) is 0.437. The van der Waals surface area contributed by atoms with Crippen LogP contribution >= 0.6 is 0 Å². The molecule has 0 spiro atoms. The zero-order valence-electron chi connectivity index (χ0n) is 5.72. The minimum atomic E-state index is -0.0139. The Morgan fingerprint density at radius 1 is 1.50 bits per heavy atom. The lowest BCUT2D eigenvalue weighted by molar-refractivity contribution is 0.469. The van der Waals surface area contributed by atoms with Gasteiger partial charge in [-0.2, -0.15) is 4.91 Å². The van der Waals surface area contributed by atoms with Crippen molar-refractivity contribution >= 4 is 0 Å². The Bertz CT molecular complexity index is 72.9. The van der Waals surface area contributed by atoms with Crippen LogP contribution in [0.5, 0.6) is 0 Å². The second-order valence-corrected chi connectivity index (χ2v) is 2.23. The zero-order chi connectivity index (χ0) is 6.57. The van der Waals surface area contributed by atoms with E-state index in [0.717, 1.165) is 6.42 Å². The fourth-order valence-electron chi connectivity index (χ4n) is 0.445. The van der Waals surface area contributed by atoms with Crippen molar-refractivity contribution in [2.24, 2.45) is 11.1 Å². The minimum Gasteiger partial charge on any atom is -0.151 e. The summed E-state index contributed by atoms with van der Waals surface area (Å²) in [6, 6.07) is -0.0139. The molecule has 0 heterocycles. The van der Waals surface area contributed by atoms with Gasteiger partial charge < -0.3 is 0 Å². The molecule has 0 amide bonds. The van der Waals surface area contributed by atoms with Crippen LogP contribution in [0.3, 0.4) is 0 Å². The molecule has 0 saturated carbocycles. The summed E-state index contributed by atoms with van der Waals surface area (Å²) in [5.41, 5.74) is 0. The van der Waals surface area contributed by atoms with E-state index in [1.807, 2.05) is 13.8 Å². The molecule has 0 radical (unpaired) electrons. The van der Waals surface area contributed by atoms with E-state index in [-0.39, 0.29) is 6.04 Å². The quantitative estimate of drug-likeness (QED) is 0.518. The van der Waals surface area contributed by atoms with Crippen LogP contribution in [-0.2, 0) is 0 Å². The third kappa shape index (κ3) is 2.05. The molecule has 0 aliphatic carbocycles. The van der Waals surface area contributed by atoms with Crippen molar-refractivity contribution in [3.63, 3.8) is 0 Å². The van der Waals surface area contributed by atoms with Crippen molar-refractivity contribution < 1.29 is 0 Å². The van der Waals surface area contributed by atoms with Crippen molar-refractivity contribution in [3.05, 3.63) is 4.91 Å². The molecule has 0 rings (SSSR count). The lowest BCUT2D eigenvalue weighted by Gasteiger charge is -2.07. The lowest BCUT2D eigenvalue weighted by Crippen LogP contribution is -2.08. The molecule has 0 aliphatic rings. The third-order valence-electron chi connectivity index (χ3n) is 1.63. The number of nitroso groups, excluding NO2 is 1. The molecule has 0 aromatic carbocycles. The summed E-state index contributed by atoms with van der Waals surface area (Å²) in [4.78, 5) is 9.86. The minimum absolute atomic E-state index is 0.0139. The molecule has 48 valence electrons. The highest BCUT2D eigenvalue weighted by Crippen LogP contribution is 2.08. The Hall–Kier alpha value is -0.400. The molecule has 0 aromatic rings. The fourth-order valence-corrected chi connectivity index (χ4v) is 0.445. The van der Waals surface area contributed by atoms with Crippen LogP contribution in [0.15, 0.2) is 5.18 Å². The standard InChI is InChI=1S/C6H13NO/c1-4-5(2)6(3)7-8/h5-6H,4H2,1-3H3/t5-,6?/m1/s1. The molecule has 8 heavy (non-hydrogen) atoms. The van der Waals surface area contributed by atoms with Crippen LogP contribution in [0.25, 0.3) is 0 Å². The van der Waals surface area contributed by atoms with Gasteiger partial charge in [-0.1, -0.05) is 25.4 Å². The highest BCUT2D eigenvalue weighted by atomic mass is 16.3. The number of nitrogens with zero attached hydrogens (tertiary/aromatic N) is 1. The van der Waals surface area contributed by atoms with Crippen LogP contribution in [0.2, 0.25) is 0 Å². The maximum atomic E-state index is 9.86. The summed E-state index contributed by atoms with van der Waals surface area (Å²) < 4.78 is 0. The Labute approximate surface area is 50.3 Å². The van der Waals surface area contributed by atoms with Gasteiger partial charge in [-0.25, -0.2) is 0 Å². The van der Waals surface area contributed by atoms with Gasteiger partial charge in [0.25, 0.3) is 0 Å². The Balaban J connectivity index is 3.44. The molecule has 0 N–H and O–H groups in total. The Kier molecular flexibility index (Phi) is 3.40. The first-order valence-electron chi connectivity index (χ1n) is 3.04. The maximum absolute atomic E-state index is 9.86. The fraction of sp³-hybridized carbons (Fsp3) is 1.00. The molecular weight excluding hydrogens is 102 g/mol.